The Morgan fingerprint density at radius 2 is 1.95 bits per heavy atom. The van der Waals surface area contributed by atoms with E-state index in [4.69, 9.17) is 4.55 Å². The molecule has 3 rings (SSSR count). The third-order valence-corrected chi connectivity index (χ3v) is 5.26. The first-order valence-corrected chi connectivity index (χ1v) is 8.99. The lowest BCUT2D eigenvalue weighted by molar-refractivity contribution is 0.481. The lowest BCUT2D eigenvalue weighted by Gasteiger charge is -2.20. The van der Waals surface area contributed by atoms with Gasteiger partial charge in [-0.15, -0.1) is 0 Å². The Morgan fingerprint density at radius 3 is 2.71 bits per heavy atom. The van der Waals surface area contributed by atoms with E-state index in [2.05, 4.69) is 30.8 Å². The van der Waals surface area contributed by atoms with Gasteiger partial charge in [0.2, 0.25) is 0 Å². The summed E-state index contributed by atoms with van der Waals surface area (Å²) < 4.78 is 30.6. The zero-order chi connectivity index (χ0) is 15.0. The Labute approximate surface area is 128 Å². The molecule has 0 aromatic heterocycles. The number of hydrogen-bond donors (Lipinski definition) is 1. The summed E-state index contributed by atoms with van der Waals surface area (Å²) in [4.78, 5) is 3.17. The molecule has 21 heavy (non-hydrogen) atoms. The molecule has 0 radical (unpaired) electrons. The first kappa shape index (κ1) is 14.4. The smallest absolute Gasteiger partial charge is 0.264 e. The van der Waals surface area contributed by atoms with Crippen LogP contribution in [0.15, 0.2) is 52.9 Å². The van der Waals surface area contributed by atoms with Crippen molar-refractivity contribution in [2.24, 2.45) is 0 Å². The van der Waals surface area contributed by atoms with Gasteiger partial charge in [-0.05, 0) is 17.9 Å². The molecule has 0 unspecified atom stereocenters. The van der Waals surface area contributed by atoms with Gasteiger partial charge in [0.25, 0.3) is 10.1 Å². The molecular formula is C15H15NO3S2. The Kier molecular flexibility index (Phi) is 3.69. The molecule has 0 fully saturated rings. The molecule has 0 atom stereocenters. The lowest BCUT2D eigenvalue weighted by atomic mass is 10.1. The van der Waals surface area contributed by atoms with Crippen LogP contribution in [0.1, 0.15) is 6.42 Å². The minimum absolute atomic E-state index is 0.235. The predicted octanol–water partition coefficient (Wildman–Crippen LogP) is 3.50. The zero-order valence-electron chi connectivity index (χ0n) is 11.3. The highest BCUT2D eigenvalue weighted by molar-refractivity contribution is 8.03. The molecule has 1 aliphatic heterocycles. The summed E-state index contributed by atoms with van der Waals surface area (Å²) in [5, 5.41) is 3.16. The van der Waals surface area contributed by atoms with Gasteiger partial charge in [-0.25, -0.2) is 0 Å². The molecule has 0 saturated heterocycles. The molecule has 2 aromatic rings. The van der Waals surface area contributed by atoms with Crippen molar-refractivity contribution >= 4 is 38.3 Å². The Hall–Kier alpha value is -1.50. The number of thioether (sulfide) groups is 1. The summed E-state index contributed by atoms with van der Waals surface area (Å²) in [7, 11) is -3.92. The summed E-state index contributed by atoms with van der Waals surface area (Å²) in [6.07, 6.45) is 0.362. The van der Waals surface area contributed by atoms with Gasteiger partial charge in [0.05, 0.1) is 16.5 Å². The average molecular weight is 321 g/mol. The fourth-order valence-corrected chi connectivity index (χ4v) is 4.04. The highest BCUT2D eigenvalue weighted by Crippen LogP contribution is 2.48. The van der Waals surface area contributed by atoms with Gasteiger partial charge in [-0.2, -0.15) is 8.42 Å². The standard InChI is InChI=1S/C15H15NO3S2/c1-11-16(9-4-10-21(17,18)19)15-13-6-3-2-5-12(13)7-8-14(15)20-11/h2-3,5-8H,1,4,9-10H2,(H,17,18,19). The molecule has 0 bridgehead atoms. The molecule has 0 aliphatic carbocycles. The molecule has 1 N–H and O–H groups in total. The van der Waals surface area contributed by atoms with Gasteiger partial charge in [0.15, 0.2) is 0 Å². The Bertz CT molecular complexity index is 815. The third kappa shape index (κ3) is 2.92. The highest BCUT2D eigenvalue weighted by Gasteiger charge is 2.25. The van der Waals surface area contributed by atoms with Crippen LogP contribution in [0.4, 0.5) is 5.69 Å². The van der Waals surface area contributed by atoms with Crippen LogP contribution in [-0.4, -0.2) is 25.3 Å². The maximum atomic E-state index is 10.9. The van der Waals surface area contributed by atoms with Crippen LogP contribution >= 0.6 is 11.8 Å². The number of fused-ring (bicyclic) bond motifs is 3. The fourth-order valence-electron chi connectivity index (χ4n) is 2.54. The molecular weight excluding hydrogens is 306 g/mol. The molecule has 110 valence electrons. The summed E-state index contributed by atoms with van der Waals surface area (Å²) >= 11 is 1.59. The third-order valence-electron chi connectivity index (χ3n) is 3.45. The van der Waals surface area contributed by atoms with Gasteiger partial charge in [-0.3, -0.25) is 4.55 Å². The van der Waals surface area contributed by atoms with Crippen LogP contribution in [0.2, 0.25) is 0 Å². The van der Waals surface area contributed by atoms with E-state index in [0.717, 1.165) is 26.4 Å². The highest BCUT2D eigenvalue weighted by atomic mass is 32.2. The van der Waals surface area contributed by atoms with Crippen LogP contribution < -0.4 is 4.90 Å². The van der Waals surface area contributed by atoms with Crippen molar-refractivity contribution in [3.8, 4) is 0 Å². The van der Waals surface area contributed by atoms with E-state index in [1.54, 1.807) is 11.8 Å². The second-order valence-electron chi connectivity index (χ2n) is 4.92. The number of hydrogen-bond acceptors (Lipinski definition) is 4. The number of rotatable bonds is 4. The minimum Gasteiger partial charge on any atom is -0.335 e. The second-order valence-corrected chi connectivity index (χ2v) is 7.61. The minimum atomic E-state index is -3.92. The molecule has 1 aliphatic rings. The second kappa shape index (κ2) is 5.36. The lowest BCUT2D eigenvalue weighted by Crippen LogP contribution is -2.21. The predicted molar refractivity (Wildman–Crippen MR) is 87.3 cm³/mol. The molecule has 2 aromatic carbocycles. The van der Waals surface area contributed by atoms with E-state index in [1.165, 1.54) is 0 Å². The van der Waals surface area contributed by atoms with Crippen molar-refractivity contribution < 1.29 is 13.0 Å². The average Bonchev–Trinajstić information content (AvgIpc) is 2.74. The number of benzene rings is 2. The van der Waals surface area contributed by atoms with Gasteiger partial charge < -0.3 is 4.90 Å². The largest absolute Gasteiger partial charge is 0.335 e. The van der Waals surface area contributed by atoms with Crippen LogP contribution in [0.3, 0.4) is 0 Å². The van der Waals surface area contributed by atoms with Gasteiger partial charge >= 0.3 is 0 Å². The van der Waals surface area contributed by atoms with Gasteiger partial charge in [0.1, 0.15) is 0 Å². The van der Waals surface area contributed by atoms with Crippen molar-refractivity contribution in [1.82, 2.24) is 0 Å². The first-order valence-electron chi connectivity index (χ1n) is 6.57. The molecule has 0 spiro atoms. The normalized spacial score (nSPS) is 14.7. The number of anilines is 1. The van der Waals surface area contributed by atoms with E-state index in [0.29, 0.717) is 13.0 Å². The summed E-state index contributed by atoms with van der Waals surface area (Å²) in [5.74, 6) is -0.235. The van der Waals surface area contributed by atoms with E-state index in [1.807, 2.05) is 17.0 Å². The quantitative estimate of drug-likeness (QED) is 0.873. The topological polar surface area (TPSA) is 57.6 Å². The van der Waals surface area contributed by atoms with Crippen LogP contribution in [0.25, 0.3) is 10.8 Å². The summed E-state index contributed by atoms with van der Waals surface area (Å²) in [6.45, 7) is 4.57. The monoisotopic (exact) mass is 321 g/mol. The molecule has 0 saturated carbocycles. The molecule has 0 amide bonds. The summed E-state index contributed by atoms with van der Waals surface area (Å²) in [6, 6.07) is 12.2. The van der Waals surface area contributed by atoms with E-state index in [9.17, 15) is 8.42 Å². The Balaban J connectivity index is 1.94. The van der Waals surface area contributed by atoms with E-state index < -0.39 is 10.1 Å². The summed E-state index contributed by atoms with van der Waals surface area (Å²) in [5.41, 5.74) is 1.08. The fraction of sp³-hybridized carbons (Fsp3) is 0.200. The maximum Gasteiger partial charge on any atom is 0.264 e. The van der Waals surface area contributed by atoms with E-state index in [-0.39, 0.29) is 5.75 Å². The maximum absolute atomic E-state index is 10.9. The molecule has 4 nitrogen and oxygen atoms in total. The van der Waals surface area contributed by atoms with E-state index >= 15 is 0 Å². The van der Waals surface area contributed by atoms with Crippen molar-refractivity contribution in [2.75, 3.05) is 17.2 Å². The van der Waals surface area contributed by atoms with Crippen LogP contribution in [-0.2, 0) is 10.1 Å². The Morgan fingerprint density at radius 1 is 1.19 bits per heavy atom. The van der Waals surface area contributed by atoms with Crippen molar-refractivity contribution in [1.29, 1.82) is 0 Å². The van der Waals surface area contributed by atoms with Crippen molar-refractivity contribution in [2.45, 2.75) is 11.3 Å². The van der Waals surface area contributed by atoms with Gasteiger partial charge in [-0.1, -0.05) is 48.7 Å². The van der Waals surface area contributed by atoms with Crippen molar-refractivity contribution in [3.63, 3.8) is 0 Å². The SMILES string of the molecule is C=C1Sc2ccc3ccccc3c2N1CCCS(=O)(=O)O. The van der Waals surface area contributed by atoms with Crippen molar-refractivity contribution in [3.05, 3.63) is 48.0 Å². The first-order chi connectivity index (χ1) is 9.96. The van der Waals surface area contributed by atoms with Crippen LogP contribution in [0, 0.1) is 0 Å². The zero-order valence-corrected chi connectivity index (χ0v) is 13.0. The number of nitrogens with zero attached hydrogens (tertiary/aromatic N) is 1. The molecule has 1 heterocycles. The van der Waals surface area contributed by atoms with Gasteiger partial charge in [0, 0.05) is 16.8 Å². The van der Waals surface area contributed by atoms with Crippen LogP contribution in [0.5, 0.6) is 0 Å². The molecule has 6 heteroatoms.